The van der Waals surface area contributed by atoms with Crippen molar-refractivity contribution >= 4 is 27.4 Å². The number of rotatable bonds is 6. The second-order valence-corrected chi connectivity index (χ2v) is 7.26. The van der Waals surface area contributed by atoms with E-state index in [-0.39, 0.29) is 6.04 Å². The summed E-state index contributed by atoms with van der Waals surface area (Å²) < 4.78 is 16.4. The van der Waals surface area contributed by atoms with E-state index >= 15 is 0 Å². The van der Waals surface area contributed by atoms with E-state index in [1.165, 1.54) is 0 Å². The van der Waals surface area contributed by atoms with Crippen LogP contribution in [0.4, 0.5) is 5.82 Å². The van der Waals surface area contributed by atoms with Gasteiger partial charge in [-0.3, -0.25) is 0 Å². The van der Waals surface area contributed by atoms with Gasteiger partial charge >= 0.3 is 0 Å². The summed E-state index contributed by atoms with van der Waals surface area (Å²) in [6.07, 6.45) is 1.67. The van der Waals surface area contributed by atoms with Gasteiger partial charge in [0.25, 0.3) is 0 Å². The molecule has 3 aromatic heterocycles. The molecule has 0 saturated heterocycles. The highest BCUT2D eigenvalue weighted by atomic mass is 32.1. The Balaban J connectivity index is 1.82. The van der Waals surface area contributed by atoms with Crippen molar-refractivity contribution in [2.75, 3.05) is 19.5 Å². The molecule has 0 amide bonds. The van der Waals surface area contributed by atoms with Gasteiger partial charge in [-0.15, -0.1) is 11.3 Å². The van der Waals surface area contributed by atoms with Crippen LogP contribution >= 0.6 is 11.3 Å². The molecule has 144 valence electrons. The van der Waals surface area contributed by atoms with Crippen LogP contribution in [-0.2, 0) is 0 Å². The van der Waals surface area contributed by atoms with Gasteiger partial charge in [0.15, 0.2) is 11.5 Å². The number of benzene rings is 1. The Morgan fingerprint density at radius 1 is 1.11 bits per heavy atom. The Morgan fingerprint density at radius 3 is 2.64 bits per heavy atom. The van der Waals surface area contributed by atoms with Gasteiger partial charge in [-0.25, -0.2) is 9.97 Å². The third-order valence-electron chi connectivity index (χ3n) is 4.56. The molecule has 7 heteroatoms. The maximum Gasteiger partial charge on any atom is 0.161 e. The smallest absolute Gasteiger partial charge is 0.161 e. The van der Waals surface area contributed by atoms with Crippen LogP contribution in [0.25, 0.3) is 21.3 Å². The van der Waals surface area contributed by atoms with Crippen LogP contribution in [0.15, 0.2) is 46.4 Å². The van der Waals surface area contributed by atoms with Crippen molar-refractivity contribution in [1.82, 2.24) is 9.97 Å². The molecule has 3 heterocycles. The molecule has 1 aromatic carbocycles. The van der Waals surface area contributed by atoms with Crippen molar-refractivity contribution in [3.05, 3.63) is 53.6 Å². The fourth-order valence-corrected chi connectivity index (χ4v) is 4.18. The molecule has 28 heavy (non-hydrogen) atoms. The fourth-order valence-electron chi connectivity index (χ4n) is 3.18. The molecule has 1 unspecified atom stereocenters. The van der Waals surface area contributed by atoms with Crippen LogP contribution in [0.2, 0.25) is 0 Å². The zero-order valence-corrected chi connectivity index (χ0v) is 17.0. The summed E-state index contributed by atoms with van der Waals surface area (Å²) in [5, 5.41) is 6.57. The van der Waals surface area contributed by atoms with Crippen LogP contribution in [0.5, 0.6) is 11.5 Å². The SMILES string of the molecule is COc1ccc(-c2csc3nc(C)nc(NC(C)c4ccco4)c23)cc1OC. The van der Waals surface area contributed by atoms with Crippen LogP contribution in [-0.4, -0.2) is 24.2 Å². The standard InChI is InChI=1S/C21H21N3O3S/c1-12(16-6-5-9-27-16)22-20-19-15(11-28-21(19)24-13(2)23-20)14-7-8-17(25-3)18(10-14)26-4/h5-12H,1-4H3,(H,22,23,24). The minimum Gasteiger partial charge on any atom is -0.493 e. The normalized spacial score (nSPS) is 12.1. The third kappa shape index (κ3) is 3.29. The molecule has 4 aromatic rings. The second kappa shape index (κ2) is 7.52. The summed E-state index contributed by atoms with van der Waals surface area (Å²) in [5.74, 6) is 3.75. The molecule has 0 bridgehead atoms. The molecule has 4 rings (SSSR count). The van der Waals surface area contributed by atoms with E-state index in [1.807, 2.05) is 44.2 Å². The van der Waals surface area contributed by atoms with E-state index in [2.05, 4.69) is 20.7 Å². The Labute approximate surface area is 167 Å². The van der Waals surface area contributed by atoms with Gasteiger partial charge in [-0.2, -0.15) is 0 Å². The van der Waals surface area contributed by atoms with Crippen molar-refractivity contribution < 1.29 is 13.9 Å². The lowest BCUT2D eigenvalue weighted by Gasteiger charge is -2.15. The van der Waals surface area contributed by atoms with Gasteiger partial charge in [-0.1, -0.05) is 6.07 Å². The number of furan rings is 1. The van der Waals surface area contributed by atoms with Gasteiger partial charge in [-0.05, 0) is 43.7 Å². The molecule has 0 aliphatic heterocycles. The van der Waals surface area contributed by atoms with Gasteiger partial charge in [0.2, 0.25) is 0 Å². The molecule has 6 nitrogen and oxygen atoms in total. The Bertz CT molecular complexity index is 1110. The molecule has 0 fully saturated rings. The first-order valence-corrected chi connectivity index (χ1v) is 9.77. The van der Waals surface area contributed by atoms with Gasteiger partial charge in [0.05, 0.1) is 31.9 Å². The number of methoxy groups -OCH3 is 2. The molecule has 1 atom stereocenters. The Morgan fingerprint density at radius 2 is 1.93 bits per heavy atom. The molecule has 0 spiro atoms. The molecule has 1 N–H and O–H groups in total. The van der Waals surface area contributed by atoms with Crippen molar-refractivity contribution in [2.45, 2.75) is 19.9 Å². The quantitative estimate of drug-likeness (QED) is 0.468. The summed E-state index contributed by atoms with van der Waals surface area (Å²) in [5.41, 5.74) is 2.07. The van der Waals surface area contributed by atoms with Crippen molar-refractivity contribution in [1.29, 1.82) is 0 Å². The number of fused-ring (bicyclic) bond motifs is 1. The zero-order valence-electron chi connectivity index (χ0n) is 16.1. The van der Waals surface area contributed by atoms with E-state index in [9.17, 15) is 0 Å². The van der Waals surface area contributed by atoms with Crippen molar-refractivity contribution in [2.24, 2.45) is 0 Å². The maximum absolute atomic E-state index is 5.53. The number of hydrogen-bond donors (Lipinski definition) is 1. The number of hydrogen-bond acceptors (Lipinski definition) is 7. The number of anilines is 1. The third-order valence-corrected chi connectivity index (χ3v) is 5.44. The highest BCUT2D eigenvalue weighted by molar-refractivity contribution is 7.17. The molecule has 0 aliphatic carbocycles. The monoisotopic (exact) mass is 395 g/mol. The molecular formula is C21H21N3O3S. The minimum absolute atomic E-state index is 0.0225. The number of thiophene rings is 1. The van der Waals surface area contributed by atoms with Crippen LogP contribution in [0.1, 0.15) is 24.6 Å². The predicted octanol–water partition coefficient (Wildman–Crippen LogP) is 5.45. The lowest BCUT2D eigenvalue weighted by atomic mass is 10.0. The summed E-state index contributed by atoms with van der Waals surface area (Å²) in [4.78, 5) is 10.2. The molecule has 0 aliphatic rings. The number of aromatic nitrogens is 2. The van der Waals surface area contributed by atoms with E-state index in [0.29, 0.717) is 11.5 Å². The first-order chi connectivity index (χ1) is 13.6. The second-order valence-electron chi connectivity index (χ2n) is 6.40. The largest absolute Gasteiger partial charge is 0.493 e. The topological polar surface area (TPSA) is 69.4 Å². The minimum atomic E-state index is -0.0225. The van der Waals surface area contributed by atoms with Gasteiger partial charge in [0.1, 0.15) is 22.2 Å². The maximum atomic E-state index is 5.53. The van der Waals surface area contributed by atoms with Crippen molar-refractivity contribution in [3.8, 4) is 22.6 Å². The molecule has 0 saturated carbocycles. The van der Waals surface area contributed by atoms with Gasteiger partial charge < -0.3 is 19.2 Å². The number of aryl methyl sites for hydroxylation is 1. The zero-order chi connectivity index (χ0) is 19.7. The molecule has 0 radical (unpaired) electrons. The number of nitrogens with zero attached hydrogens (tertiary/aromatic N) is 2. The van der Waals surface area contributed by atoms with Crippen molar-refractivity contribution in [3.63, 3.8) is 0 Å². The average molecular weight is 395 g/mol. The predicted molar refractivity (Wildman–Crippen MR) is 111 cm³/mol. The number of ether oxygens (including phenoxy) is 2. The highest BCUT2D eigenvalue weighted by Gasteiger charge is 2.18. The van der Waals surface area contributed by atoms with E-state index in [4.69, 9.17) is 13.9 Å². The Kier molecular flexibility index (Phi) is 4.92. The Hall–Kier alpha value is -3.06. The van der Waals surface area contributed by atoms with E-state index in [1.54, 1.807) is 31.8 Å². The number of nitrogens with one attached hydrogen (secondary N) is 1. The van der Waals surface area contributed by atoms with Gasteiger partial charge in [0, 0.05) is 10.9 Å². The highest BCUT2D eigenvalue weighted by Crippen LogP contribution is 2.40. The van der Waals surface area contributed by atoms with E-state index < -0.39 is 0 Å². The van der Waals surface area contributed by atoms with Crippen LogP contribution in [0.3, 0.4) is 0 Å². The summed E-state index contributed by atoms with van der Waals surface area (Å²) in [7, 11) is 3.27. The summed E-state index contributed by atoms with van der Waals surface area (Å²) in [6, 6.07) is 9.71. The first kappa shape index (κ1) is 18.3. The summed E-state index contributed by atoms with van der Waals surface area (Å²) >= 11 is 1.60. The lowest BCUT2D eigenvalue weighted by Crippen LogP contribution is -2.08. The lowest BCUT2D eigenvalue weighted by molar-refractivity contribution is 0.355. The summed E-state index contributed by atoms with van der Waals surface area (Å²) in [6.45, 7) is 3.95. The molecular weight excluding hydrogens is 374 g/mol. The van der Waals surface area contributed by atoms with E-state index in [0.717, 1.165) is 38.7 Å². The average Bonchev–Trinajstić information content (AvgIpc) is 3.37. The van der Waals surface area contributed by atoms with Crippen LogP contribution in [0, 0.1) is 6.92 Å². The fraction of sp³-hybridized carbons (Fsp3) is 0.238. The van der Waals surface area contributed by atoms with Crippen LogP contribution < -0.4 is 14.8 Å². The first-order valence-electron chi connectivity index (χ1n) is 8.89.